The van der Waals surface area contributed by atoms with Crippen LogP contribution in [0.1, 0.15) is 82.2 Å². The Morgan fingerprint density at radius 2 is 1.30 bits per heavy atom. The van der Waals surface area contributed by atoms with Gasteiger partial charge in [-0.15, -0.1) is 20.4 Å². The van der Waals surface area contributed by atoms with E-state index >= 15 is 4.39 Å². The number of amides is 2. The minimum Gasteiger partial charge on any atom is -0.464 e. The van der Waals surface area contributed by atoms with Gasteiger partial charge in [-0.1, -0.05) is 96.5 Å². The molecule has 0 spiro atoms. The van der Waals surface area contributed by atoms with Crippen LogP contribution in [0.4, 0.5) is 9.18 Å². The van der Waals surface area contributed by atoms with Crippen molar-refractivity contribution in [1.29, 1.82) is 0 Å². The maximum absolute atomic E-state index is 15.2. The number of rotatable bonds is 12. The SMILES string of the molecule is CCNC(=O)C[C@@H]1N=C(c2ccc(Cl)cc2)c2cc(-c3ccc(CN4CCN(C)CC4)cc3)ccc2-n2c(C)nnc21.Cc1nnc2n1-c1ccc(-c3ccco3)cc1C(c1ccccc1F)=NC2NC(=O)OCc1ccccc1. The standard InChI is InChI=1S/C33H36ClN7O.C29H22FN5O3/c1-4-35-31(42)20-29-33-38-37-22(2)41(33)30-14-11-26(19-28(30)32(36-29)25-9-12-27(34)13-10-25)24-7-5-23(6-8-24)21-40-17-15-39(3)16-18-40;1-18-33-34-28-27(32-29(36)38-17-19-8-3-2-4-9-19)31-26(21-10-5-6-11-23(21)30)22-16-20(25-12-7-15-37-25)13-14-24(22)35(18)28/h5-14,19,29H,4,15-18,20-21H2,1-3H3,(H,35,42);2-16,27H,17H2,1H3,(H,32,36)/t29-;/m0./s1. The fourth-order valence-corrected chi connectivity index (χ4v) is 10.4. The van der Waals surface area contributed by atoms with Crippen molar-refractivity contribution in [3.8, 4) is 33.8 Å². The molecule has 6 aromatic carbocycles. The van der Waals surface area contributed by atoms with Crippen LogP contribution in [0.2, 0.25) is 5.02 Å². The van der Waals surface area contributed by atoms with Crippen LogP contribution in [0.15, 0.2) is 172 Å². The van der Waals surface area contributed by atoms with Gasteiger partial charge in [-0.2, -0.15) is 0 Å². The van der Waals surface area contributed by atoms with Crippen LogP contribution in [0, 0.1) is 19.7 Å². The molecule has 16 nitrogen and oxygen atoms in total. The number of halogens is 2. The second kappa shape index (κ2) is 23.6. The third kappa shape index (κ3) is 11.5. The van der Waals surface area contributed by atoms with Crippen LogP contribution < -0.4 is 10.6 Å². The molecular formula is C62H58ClFN12O4. The van der Waals surface area contributed by atoms with Gasteiger partial charge >= 0.3 is 6.09 Å². The molecule has 1 unspecified atom stereocenters. The predicted molar refractivity (Wildman–Crippen MR) is 306 cm³/mol. The number of aromatic nitrogens is 6. The molecule has 9 aromatic rings. The molecule has 12 rings (SSSR count). The first-order valence-corrected chi connectivity index (χ1v) is 26.9. The number of aryl methyl sites for hydroxylation is 2. The Bertz CT molecular complexity index is 3740. The predicted octanol–water partition coefficient (Wildman–Crippen LogP) is 10.8. The second-order valence-electron chi connectivity index (χ2n) is 19.8. The smallest absolute Gasteiger partial charge is 0.409 e. The third-order valence-electron chi connectivity index (χ3n) is 14.3. The Kier molecular flexibility index (Phi) is 15.7. The van der Waals surface area contributed by atoms with Gasteiger partial charge < -0.3 is 19.4 Å². The Hall–Kier alpha value is -8.90. The number of carbonyl (C=O) groups is 2. The number of likely N-dealkylation sites (N-methyl/N-ethyl adjacent to an activating group) is 1. The van der Waals surface area contributed by atoms with E-state index in [4.69, 9.17) is 30.7 Å². The summed E-state index contributed by atoms with van der Waals surface area (Å²) in [6, 6.07) is 47.6. The molecule has 2 atom stereocenters. The number of furan rings is 1. The number of fused-ring (bicyclic) bond motifs is 6. The molecule has 6 heterocycles. The zero-order chi connectivity index (χ0) is 55.3. The highest BCUT2D eigenvalue weighted by Crippen LogP contribution is 2.37. The summed E-state index contributed by atoms with van der Waals surface area (Å²) in [4.78, 5) is 40.5. The van der Waals surface area contributed by atoms with Gasteiger partial charge in [0.2, 0.25) is 5.91 Å². The molecule has 0 aliphatic carbocycles. The van der Waals surface area contributed by atoms with E-state index in [0.29, 0.717) is 51.8 Å². The van der Waals surface area contributed by atoms with Crippen LogP contribution in [-0.2, 0) is 22.7 Å². The number of carbonyl (C=O) groups excluding carboxylic acids is 2. The number of hydrogen-bond donors (Lipinski definition) is 2. The summed E-state index contributed by atoms with van der Waals surface area (Å²) < 4.78 is 30.0. The molecular weight excluding hydrogens is 1030 g/mol. The van der Waals surface area contributed by atoms with E-state index in [1.54, 1.807) is 42.0 Å². The first kappa shape index (κ1) is 53.1. The first-order chi connectivity index (χ1) is 39.0. The van der Waals surface area contributed by atoms with E-state index in [0.717, 1.165) is 83.3 Å². The zero-order valence-electron chi connectivity index (χ0n) is 44.7. The van der Waals surface area contributed by atoms with Crippen molar-refractivity contribution in [3.63, 3.8) is 0 Å². The van der Waals surface area contributed by atoms with Gasteiger partial charge in [0.05, 0.1) is 35.5 Å². The summed E-state index contributed by atoms with van der Waals surface area (Å²) in [6.45, 7) is 11.7. The molecule has 3 aromatic heterocycles. The van der Waals surface area contributed by atoms with E-state index in [2.05, 4.69) is 90.3 Å². The van der Waals surface area contributed by atoms with E-state index < -0.39 is 24.1 Å². The largest absolute Gasteiger partial charge is 0.464 e. The van der Waals surface area contributed by atoms with E-state index in [9.17, 15) is 9.59 Å². The maximum Gasteiger partial charge on any atom is 0.409 e. The number of nitrogens with one attached hydrogen (secondary N) is 2. The first-order valence-electron chi connectivity index (χ1n) is 26.6. The van der Waals surface area contributed by atoms with Crippen molar-refractivity contribution >= 4 is 35.0 Å². The molecule has 80 heavy (non-hydrogen) atoms. The van der Waals surface area contributed by atoms with Gasteiger partial charge in [0.25, 0.3) is 0 Å². The summed E-state index contributed by atoms with van der Waals surface area (Å²) >= 11 is 6.26. The summed E-state index contributed by atoms with van der Waals surface area (Å²) in [6.07, 6.45) is 0.0904. The fraction of sp³-hybridized carbons (Fsp3) is 0.226. The normalized spacial score (nSPS) is 15.8. The topological polar surface area (TPSA) is 173 Å². The molecule has 0 saturated carbocycles. The van der Waals surface area contributed by atoms with Crippen LogP contribution in [0.3, 0.4) is 0 Å². The molecule has 3 aliphatic heterocycles. The molecule has 18 heteroatoms. The minimum absolute atomic E-state index is 0.0720. The summed E-state index contributed by atoms with van der Waals surface area (Å²) in [5.41, 5.74) is 10.8. The van der Waals surface area contributed by atoms with Crippen molar-refractivity contribution in [1.82, 2.24) is 50.0 Å². The van der Waals surface area contributed by atoms with Crippen molar-refractivity contribution in [2.45, 2.75) is 52.6 Å². The zero-order valence-corrected chi connectivity index (χ0v) is 45.4. The van der Waals surface area contributed by atoms with Gasteiger partial charge in [0.15, 0.2) is 17.8 Å². The van der Waals surface area contributed by atoms with Gasteiger partial charge in [-0.25, -0.2) is 9.18 Å². The van der Waals surface area contributed by atoms with E-state index in [1.165, 1.54) is 11.6 Å². The fourth-order valence-electron chi connectivity index (χ4n) is 10.2. The van der Waals surface area contributed by atoms with Crippen molar-refractivity contribution in [2.24, 2.45) is 9.98 Å². The van der Waals surface area contributed by atoms with Crippen LogP contribution in [0.25, 0.3) is 33.8 Å². The highest BCUT2D eigenvalue weighted by Gasteiger charge is 2.33. The molecule has 1 saturated heterocycles. The number of piperazine rings is 1. The number of hydrogen-bond acceptors (Lipinski definition) is 12. The van der Waals surface area contributed by atoms with Gasteiger partial charge in [0.1, 0.15) is 35.9 Å². The van der Waals surface area contributed by atoms with Crippen LogP contribution in [0.5, 0.6) is 0 Å². The highest BCUT2D eigenvalue weighted by molar-refractivity contribution is 6.30. The molecule has 1 fully saturated rings. The molecule has 404 valence electrons. The summed E-state index contributed by atoms with van der Waals surface area (Å²) in [5, 5.41) is 23.8. The van der Waals surface area contributed by atoms with Crippen molar-refractivity contribution in [2.75, 3.05) is 39.8 Å². The van der Waals surface area contributed by atoms with Crippen molar-refractivity contribution in [3.05, 3.63) is 225 Å². The van der Waals surface area contributed by atoms with Gasteiger partial charge in [0, 0.05) is 72.1 Å². The van der Waals surface area contributed by atoms with E-state index in [-0.39, 0.29) is 24.5 Å². The summed E-state index contributed by atoms with van der Waals surface area (Å²) in [5.74, 6) is 2.51. The average Bonchev–Trinajstić information content (AvgIpc) is 4.31. The second-order valence-corrected chi connectivity index (χ2v) is 20.3. The van der Waals surface area contributed by atoms with E-state index in [1.807, 2.05) is 97.3 Å². The Balaban J connectivity index is 0.000000170. The lowest BCUT2D eigenvalue weighted by Crippen LogP contribution is -2.43. The Morgan fingerprint density at radius 3 is 2.00 bits per heavy atom. The maximum atomic E-state index is 15.2. The Morgan fingerprint density at radius 1 is 0.662 bits per heavy atom. The molecule has 2 amide bonds. The minimum atomic E-state index is -0.992. The number of benzene rings is 6. The van der Waals surface area contributed by atoms with Gasteiger partial charge in [-0.3, -0.25) is 34.1 Å². The third-order valence-corrected chi connectivity index (χ3v) is 14.6. The van der Waals surface area contributed by atoms with Crippen LogP contribution >= 0.6 is 11.6 Å². The van der Waals surface area contributed by atoms with Crippen molar-refractivity contribution < 1.29 is 23.1 Å². The lowest BCUT2D eigenvalue weighted by molar-refractivity contribution is -0.121. The molecule has 0 bridgehead atoms. The highest BCUT2D eigenvalue weighted by atomic mass is 35.5. The molecule has 2 N–H and O–H groups in total. The lowest BCUT2D eigenvalue weighted by Gasteiger charge is -2.32. The van der Waals surface area contributed by atoms with Crippen LogP contribution in [-0.4, -0.2) is 103 Å². The quantitative estimate of drug-likeness (QED) is 0.120. The average molecular weight is 1090 g/mol. The number of nitrogens with zero attached hydrogens (tertiary/aromatic N) is 10. The number of alkyl carbamates (subject to hydrolysis) is 1. The summed E-state index contributed by atoms with van der Waals surface area (Å²) in [7, 11) is 2.19. The Labute approximate surface area is 467 Å². The monoisotopic (exact) mass is 1090 g/mol. The molecule has 3 aliphatic rings. The lowest BCUT2D eigenvalue weighted by atomic mass is 9.95. The number of ether oxygens (including phenoxy) is 1. The van der Waals surface area contributed by atoms with Gasteiger partial charge in [-0.05, 0) is 117 Å². The molecule has 0 radical (unpaired) electrons. The number of aliphatic imine (C=N–C) groups is 2.